The maximum Gasteiger partial charge on any atom is 0.242 e. The van der Waals surface area contributed by atoms with Crippen LogP contribution in [0.2, 0.25) is 0 Å². The Labute approximate surface area is 183 Å². The standard InChI is InChI=1S/C20H27N3O6S2/c1-5-29-17-8-12-18(13-9-17)30(25,26)22-15(2)20(24)21-14-16-6-10-19(11-7-16)31(27,28)23(3)4/h6-13,15,22H,5,14H2,1-4H3,(H,21,24)/t15-/m1/s1. The van der Waals surface area contributed by atoms with Gasteiger partial charge in [0.2, 0.25) is 26.0 Å². The van der Waals surface area contributed by atoms with Crippen LogP contribution >= 0.6 is 0 Å². The van der Waals surface area contributed by atoms with Gasteiger partial charge in [-0.25, -0.2) is 21.1 Å². The number of nitrogens with zero attached hydrogens (tertiary/aromatic N) is 1. The smallest absolute Gasteiger partial charge is 0.242 e. The Balaban J connectivity index is 1.96. The average molecular weight is 470 g/mol. The summed E-state index contributed by atoms with van der Waals surface area (Å²) in [6.45, 7) is 3.85. The van der Waals surface area contributed by atoms with Crippen molar-refractivity contribution in [2.75, 3.05) is 20.7 Å². The number of sulfonamides is 2. The fourth-order valence-corrected chi connectivity index (χ4v) is 4.67. The predicted octanol–water partition coefficient (Wildman–Crippen LogP) is 1.32. The van der Waals surface area contributed by atoms with Crippen molar-refractivity contribution in [2.45, 2.75) is 36.2 Å². The molecule has 0 bridgehead atoms. The van der Waals surface area contributed by atoms with E-state index in [9.17, 15) is 21.6 Å². The molecule has 9 nitrogen and oxygen atoms in total. The molecule has 0 fully saturated rings. The number of nitrogens with one attached hydrogen (secondary N) is 2. The molecule has 2 aromatic rings. The number of carbonyl (C=O) groups excluding carboxylic acids is 1. The molecule has 2 rings (SSSR count). The largest absolute Gasteiger partial charge is 0.494 e. The van der Waals surface area contributed by atoms with Gasteiger partial charge in [-0.3, -0.25) is 4.79 Å². The summed E-state index contributed by atoms with van der Waals surface area (Å²) in [6.07, 6.45) is 0. The van der Waals surface area contributed by atoms with Crippen molar-refractivity contribution in [3.63, 3.8) is 0 Å². The average Bonchev–Trinajstić information content (AvgIpc) is 2.72. The molecule has 0 spiro atoms. The maximum absolute atomic E-state index is 12.5. The number of ether oxygens (including phenoxy) is 1. The van der Waals surface area contributed by atoms with Crippen LogP contribution in [0.5, 0.6) is 5.75 Å². The van der Waals surface area contributed by atoms with Crippen LogP contribution in [-0.4, -0.2) is 53.8 Å². The van der Waals surface area contributed by atoms with Gasteiger partial charge < -0.3 is 10.1 Å². The molecular weight excluding hydrogens is 442 g/mol. The SMILES string of the molecule is CCOc1ccc(S(=O)(=O)N[C@H](C)C(=O)NCc2ccc(S(=O)(=O)N(C)C)cc2)cc1. The summed E-state index contributed by atoms with van der Waals surface area (Å²) < 4.78 is 57.9. The van der Waals surface area contributed by atoms with Crippen LogP contribution in [0.3, 0.4) is 0 Å². The molecule has 0 saturated heterocycles. The van der Waals surface area contributed by atoms with Crippen molar-refractivity contribution in [3.8, 4) is 5.75 Å². The third kappa shape index (κ3) is 6.50. The first-order valence-corrected chi connectivity index (χ1v) is 12.4. The van der Waals surface area contributed by atoms with Gasteiger partial charge in [-0.2, -0.15) is 4.72 Å². The van der Waals surface area contributed by atoms with Crippen LogP contribution in [0.15, 0.2) is 58.3 Å². The first-order valence-electron chi connectivity index (χ1n) is 9.51. The van der Waals surface area contributed by atoms with Crippen LogP contribution in [0.1, 0.15) is 19.4 Å². The lowest BCUT2D eigenvalue weighted by atomic mass is 10.2. The van der Waals surface area contributed by atoms with Gasteiger partial charge in [0.25, 0.3) is 0 Å². The summed E-state index contributed by atoms with van der Waals surface area (Å²) in [5, 5.41) is 2.63. The Bertz CT molecular complexity index is 1100. The topological polar surface area (TPSA) is 122 Å². The molecule has 0 heterocycles. The summed E-state index contributed by atoms with van der Waals surface area (Å²) in [7, 11) is -4.53. The Kier molecular flexibility index (Phi) is 8.18. The van der Waals surface area contributed by atoms with E-state index in [1.165, 1.54) is 45.3 Å². The monoisotopic (exact) mass is 469 g/mol. The lowest BCUT2D eigenvalue weighted by Gasteiger charge is -2.15. The molecule has 0 aliphatic heterocycles. The van der Waals surface area contributed by atoms with E-state index >= 15 is 0 Å². The lowest BCUT2D eigenvalue weighted by Crippen LogP contribution is -2.44. The summed E-state index contributed by atoms with van der Waals surface area (Å²) >= 11 is 0. The van der Waals surface area contributed by atoms with E-state index in [1.807, 2.05) is 6.92 Å². The highest BCUT2D eigenvalue weighted by Crippen LogP contribution is 2.16. The second kappa shape index (κ2) is 10.2. The summed E-state index contributed by atoms with van der Waals surface area (Å²) in [4.78, 5) is 12.5. The van der Waals surface area contributed by atoms with Crippen LogP contribution in [0, 0.1) is 0 Å². The van der Waals surface area contributed by atoms with Crippen LogP contribution in [0.25, 0.3) is 0 Å². The van der Waals surface area contributed by atoms with E-state index in [4.69, 9.17) is 4.74 Å². The summed E-state index contributed by atoms with van der Waals surface area (Å²) in [6, 6.07) is 11.0. The molecule has 11 heteroatoms. The van der Waals surface area contributed by atoms with Gasteiger partial charge in [0, 0.05) is 20.6 Å². The molecule has 2 N–H and O–H groups in total. The molecule has 0 saturated carbocycles. The number of benzene rings is 2. The van der Waals surface area contributed by atoms with Crippen molar-refractivity contribution in [3.05, 3.63) is 54.1 Å². The molecule has 0 aromatic heterocycles. The molecule has 0 unspecified atom stereocenters. The fraction of sp³-hybridized carbons (Fsp3) is 0.350. The summed E-state index contributed by atoms with van der Waals surface area (Å²) in [5.74, 6) is 0.0381. The minimum absolute atomic E-state index is 0.0216. The maximum atomic E-state index is 12.5. The fourth-order valence-electron chi connectivity index (χ4n) is 2.57. The number of hydrogen-bond acceptors (Lipinski definition) is 6. The minimum atomic E-state index is -3.89. The zero-order chi connectivity index (χ0) is 23.2. The van der Waals surface area contributed by atoms with Gasteiger partial charge in [-0.15, -0.1) is 0 Å². The van der Waals surface area contributed by atoms with Crippen LogP contribution in [0.4, 0.5) is 0 Å². The van der Waals surface area contributed by atoms with Crippen molar-refractivity contribution in [2.24, 2.45) is 0 Å². The highest BCUT2D eigenvalue weighted by molar-refractivity contribution is 7.89. The highest BCUT2D eigenvalue weighted by atomic mass is 32.2. The third-order valence-electron chi connectivity index (χ3n) is 4.34. The number of amides is 1. The van der Waals surface area contributed by atoms with E-state index in [0.717, 1.165) is 4.31 Å². The van der Waals surface area contributed by atoms with Crippen LogP contribution < -0.4 is 14.8 Å². The lowest BCUT2D eigenvalue weighted by molar-refractivity contribution is -0.122. The van der Waals surface area contributed by atoms with Gasteiger partial charge in [0.05, 0.1) is 22.4 Å². The van der Waals surface area contributed by atoms with Gasteiger partial charge in [-0.1, -0.05) is 12.1 Å². The molecule has 1 amide bonds. The highest BCUT2D eigenvalue weighted by Gasteiger charge is 2.22. The molecule has 0 aliphatic carbocycles. The van der Waals surface area contributed by atoms with Crippen LogP contribution in [-0.2, 0) is 31.4 Å². The van der Waals surface area contributed by atoms with E-state index < -0.39 is 32.0 Å². The summed E-state index contributed by atoms with van der Waals surface area (Å²) in [5.41, 5.74) is 0.674. The number of hydrogen-bond donors (Lipinski definition) is 2. The second-order valence-corrected chi connectivity index (χ2v) is 10.8. The minimum Gasteiger partial charge on any atom is -0.494 e. The molecule has 170 valence electrons. The second-order valence-electron chi connectivity index (χ2n) is 6.90. The Hall–Kier alpha value is -2.47. The van der Waals surface area contributed by atoms with Gasteiger partial charge in [0.1, 0.15) is 5.75 Å². The van der Waals surface area contributed by atoms with Crippen molar-refractivity contribution in [1.29, 1.82) is 0 Å². The number of carbonyl (C=O) groups is 1. The Morgan fingerprint density at radius 1 is 0.968 bits per heavy atom. The number of rotatable bonds is 10. The van der Waals surface area contributed by atoms with E-state index in [1.54, 1.807) is 24.3 Å². The van der Waals surface area contributed by atoms with Gasteiger partial charge >= 0.3 is 0 Å². The first kappa shape index (κ1) is 24.8. The van der Waals surface area contributed by atoms with E-state index in [-0.39, 0.29) is 16.3 Å². The zero-order valence-electron chi connectivity index (χ0n) is 17.8. The molecular formula is C20H27N3O6S2. The molecule has 0 aliphatic rings. The van der Waals surface area contributed by atoms with Gasteiger partial charge in [0.15, 0.2) is 0 Å². The molecule has 0 radical (unpaired) electrons. The first-order chi connectivity index (χ1) is 14.5. The van der Waals surface area contributed by atoms with E-state index in [0.29, 0.717) is 17.9 Å². The van der Waals surface area contributed by atoms with E-state index in [2.05, 4.69) is 10.0 Å². The molecule has 1 atom stereocenters. The third-order valence-corrected chi connectivity index (χ3v) is 7.72. The quantitative estimate of drug-likeness (QED) is 0.541. The van der Waals surface area contributed by atoms with Crippen molar-refractivity contribution in [1.82, 2.24) is 14.3 Å². The zero-order valence-corrected chi connectivity index (χ0v) is 19.5. The predicted molar refractivity (Wildman–Crippen MR) is 117 cm³/mol. The Morgan fingerprint density at radius 2 is 1.52 bits per heavy atom. The van der Waals surface area contributed by atoms with Crippen molar-refractivity contribution >= 4 is 26.0 Å². The van der Waals surface area contributed by atoms with Crippen molar-refractivity contribution < 1.29 is 26.4 Å². The van der Waals surface area contributed by atoms with Gasteiger partial charge in [-0.05, 0) is 55.8 Å². The molecule has 2 aromatic carbocycles. The molecule has 31 heavy (non-hydrogen) atoms. The Morgan fingerprint density at radius 3 is 2.03 bits per heavy atom. The normalized spacial score (nSPS) is 13.1.